The molecule has 0 aliphatic heterocycles. The highest BCUT2D eigenvalue weighted by Gasteiger charge is 2.37. The highest BCUT2D eigenvalue weighted by Crippen LogP contribution is 2.34. The Hall–Kier alpha value is -4.06. The van der Waals surface area contributed by atoms with Gasteiger partial charge in [-0.3, -0.25) is 10.4 Å². The molecule has 9 nitrogen and oxygen atoms in total. The molecule has 1 unspecified atom stereocenters. The summed E-state index contributed by atoms with van der Waals surface area (Å²) in [6.07, 6.45) is -1.98. The molecule has 35 heavy (non-hydrogen) atoms. The van der Waals surface area contributed by atoms with E-state index in [-0.39, 0.29) is 42.0 Å². The minimum atomic E-state index is -4.35. The number of ether oxygens (including phenoxy) is 2. The third kappa shape index (κ3) is 5.06. The topological polar surface area (TPSA) is 119 Å². The Bertz CT molecular complexity index is 1400. The Morgan fingerprint density at radius 1 is 1.17 bits per heavy atom. The Kier molecular flexibility index (Phi) is 6.65. The van der Waals surface area contributed by atoms with Gasteiger partial charge in [0.2, 0.25) is 11.7 Å². The van der Waals surface area contributed by atoms with E-state index >= 15 is 0 Å². The molecule has 0 amide bonds. The summed E-state index contributed by atoms with van der Waals surface area (Å²) in [4.78, 5) is 4.09. The quantitative estimate of drug-likeness (QED) is 0.280. The van der Waals surface area contributed by atoms with Gasteiger partial charge in [-0.2, -0.15) is 17.7 Å². The number of pyridine rings is 1. The summed E-state index contributed by atoms with van der Waals surface area (Å²) in [5, 5.41) is 32.0. The van der Waals surface area contributed by atoms with Gasteiger partial charge < -0.3 is 14.6 Å². The molecule has 3 aromatic heterocycles. The average molecular weight is 486 g/mol. The molecule has 4 rings (SSSR count). The van der Waals surface area contributed by atoms with Crippen molar-refractivity contribution in [3.8, 4) is 5.88 Å². The minimum Gasteiger partial charge on any atom is -0.510 e. The zero-order chi connectivity index (χ0) is 25.2. The molecule has 4 aromatic rings. The second kappa shape index (κ2) is 9.66. The van der Waals surface area contributed by atoms with Crippen molar-refractivity contribution >= 4 is 22.1 Å². The van der Waals surface area contributed by atoms with Crippen LogP contribution in [0.25, 0.3) is 16.4 Å². The van der Waals surface area contributed by atoms with E-state index in [0.717, 1.165) is 6.92 Å². The first-order valence-electron chi connectivity index (χ1n) is 10.4. The second-order valence-electron chi connectivity index (χ2n) is 7.73. The van der Waals surface area contributed by atoms with Crippen molar-refractivity contribution in [2.24, 2.45) is 0 Å². The van der Waals surface area contributed by atoms with Gasteiger partial charge in [0.25, 0.3) is 0 Å². The van der Waals surface area contributed by atoms with Gasteiger partial charge in [0.15, 0.2) is 5.65 Å². The lowest BCUT2D eigenvalue weighted by Gasteiger charge is -2.15. The number of nitrogens with zero attached hydrogens (tertiary/aromatic N) is 5. The highest BCUT2D eigenvalue weighted by molar-refractivity contribution is 6.05. The summed E-state index contributed by atoms with van der Waals surface area (Å²) >= 11 is 0. The molecule has 0 radical (unpaired) electrons. The van der Waals surface area contributed by atoms with Gasteiger partial charge in [0, 0.05) is 30.2 Å². The molecular weight excluding hydrogens is 465 g/mol. The van der Waals surface area contributed by atoms with Gasteiger partial charge in [-0.1, -0.05) is 24.3 Å². The summed E-state index contributed by atoms with van der Waals surface area (Å²) < 4.78 is 50.9. The van der Waals surface area contributed by atoms with Crippen molar-refractivity contribution in [1.29, 1.82) is 5.41 Å². The number of halogens is 3. The number of aromatic nitrogens is 5. The van der Waals surface area contributed by atoms with Crippen molar-refractivity contribution in [2.75, 3.05) is 13.7 Å². The van der Waals surface area contributed by atoms with E-state index in [2.05, 4.69) is 20.3 Å². The van der Waals surface area contributed by atoms with E-state index in [4.69, 9.17) is 14.9 Å². The normalized spacial score (nSPS) is 13.3. The van der Waals surface area contributed by atoms with Crippen LogP contribution < -0.4 is 4.74 Å². The van der Waals surface area contributed by atoms with Crippen LogP contribution in [0.2, 0.25) is 0 Å². The molecule has 0 saturated carbocycles. The lowest BCUT2D eigenvalue weighted by molar-refractivity contribution is -0.146. The molecule has 0 fully saturated rings. The standard InChI is InChI=1S/C23H21F3N6O3/c1-13(23(24,25)26)14-7-8-15(28-10-14)11-35-22-18-6-4-3-5-17(18)20-29-30-21(32(20)31-22)19(27)9-16(33)12-34-2/h3-10,13,27,33H,11-12H2,1-2H3/b16-9-,27-19?. The summed E-state index contributed by atoms with van der Waals surface area (Å²) in [6, 6.07) is 10.0. The number of alkyl halides is 3. The van der Waals surface area contributed by atoms with Crippen molar-refractivity contribution in [3.05, 3.63) is 71.5 Å². The lowest BCUT2D eigenvalue weighted by Crippen LogP contribution is -2.18. The number of allylic oxidation sites excluding steroid dienone is 1. The molecule has 1 aromatic carbocycles. The molecule has 0 aliphatic rings. The SMILES string of the molecule is COC/C(O)=C/C(=N)c1nnc2c3ccccc3c(OCc3ccc(C(C)C(F)(F)F)cn3)nn12. The summed E-state index contributed by atoms with van der Waals surface area (Å²) in [6.45, 7) is 0.959. The zero-order valence-electron chi connectivity index (χ0n) is 18.7. The monoisotopic (exact) mass is 486 g/mol. The number of nitrogens with one attached hydrogen (secondary N) is 1. The van der Waals surface area contributed by atoms with Gasteiger partial charge in [0.1, 0.15) is 24.7 Å². The minimum absolute atomic E-state index is 0.0490. The summed E-state index contributed by atoms with van der Waals surface area (Å²) in [5.74, 6) is -1.53. The first kappa shape index (κ1) is 24.1. The van der Waals surface area contributed by atoms with Gasteiger partial charge in [-0.15, -0.1) is 15.3 Å². The van der Waals surface area contributed by atoms with Crippen molar-refractivity contribution < 1.29 is 27.8 Å². The number of methoxy groups -OCH3 is 1. The molecular formula is C23H21F3N6O3. The smallest absolute Gasteiger partial charge is 0.395 e. The van der Waals surface area contributed by atoms with Crippen LogP contribution in [0, 0.1) is 5.41 Å². The van der Waals surface area contributed by atoms with E-state index in [1.54, 1.807) is 24.3 Å². The first-order valence-corrected chi connectivity index (χ1v) is 10.4. The molecule has 2 N–H and O–H groups in total. The van der Waals surface area contributed by atoms with Crippen LogP contribution in [0.15, 0.2) is 54.4 Å². The summed E-state index contributed by atoms with van der Waals surface area (Å²) in [7, 11) is 1.41. The number of aliphatic hydroxyl groups is 1. The fourth-order valence-corrected chi connectivity index (χ4v) is 3.36. The van der Waals surface area contributed by atoms with E-state index in [9.17, 15) is 18.3 Å². The number of rotatable bonds is 8. The van der Waals surface area contributed by atoms with Gasteiger partial charge >= 0.3 is 6.18 Å². The van der Waals surface area contributed by atoms with Crippen LogP contribution in [0.1, 0.15) is 29.9 Å². The molecule has 0 spiro atoms. The Morgan fingerprint density at radius 3 is 2.57 bits per heavy atom. The molecule has 3 heterocycles. The van der Waals surface area contributed by atoms with Crippen LogP contribution in [0.4, 0.5) is 13.2 Å². The third-order valence-electron chi connectivity index (χ3n) is 5.27. The largest absolute Gasteiger partial charge is 0.510 e. The molecule has 1 atom stereocenters. The van der Waals surface area contributed by atoms with Crippen molar-refractivity contribution in [3.63, 3.8) is 0 Å². The van der Waals surface area contributed by atoms with Gasteiger partial charge in [0.05, 0.1) is 11.6 Å². The number of aliphatic hydroxyl groups excluding tert-OH is 1. The predicted octanol–water partition coefficient (Wildman–Crippen LogP) is 4.37. The maximum atomic E-state index is 12.9. The zero-order valence-corrected chi connectivity index (χ0v) is 18.7. The number of hydrogen-bond donors (Lipinski definition) is 2. The lowest BCUT2D eigenvalue weighted by atomic mass is 10.0. The first-order chi connectivity index (χ1) is 16.7. The Morgan fingerprint density at radius 2 is 1.91 bits per heavy atom. The number of fused-ring (bicyclic) bond motifs is 3. The maximum absolute atomic E-state index is 12.9. The van der Waals surface area contributed by atoms with Crippen LogP contribution in [-0.2, 0) is 11.3 Å². The molecule has 12 heteroatoms. The van der Waals surface area contributed by atoms with E-state index < -0.39 is 12.1 Å². The van der Waals surface area contributed by atoms with Crippen molar-refractivity contribution in [1.82, 2.24) is 24.8 Å². The Labute approximate surface area is 197 Å². The van der Waals surface area contributed by atoms with Crippen LogP contribution in [-0.4, -0.2) is 55.5 Å². The van der Waals surface area contributed by atoms with Crippen molar-refractivity contribution in [2.45, 2.75) is 25.6 Å². The van der Waals surface area contributed by atoms with Gasteiger partial charge in [-0.05, 0) is 24.6 Å². The van der Waals surface area contributed by atoms with Crippen LogP contribution in [0.5, 0.6) is 5.88 Å². The Balaban J connectivity index is 1.65. The fraction of sp³-hybridized carbons (Fsp3) is 0.261. The average Bonchev–Trinajstić information content (AvgIpc) is 3.26. The molecule has 182 valence electrons. The maximum Gasteiger partial charge on any atom is 0.395 e. The molecule has 0 bridgehead atoms. The van der Waals surface area contributed by atoms with Gasteiger partial charge in [-0.25, -0.2) is 0 Å². The fourth-order valence-electron chi connectivity index (χ4n) is 3.36. The molecule has 0 aliphatic carbocycles. The second-order valence-corrected chi connectivity index (χ2v) is 7.73. The molecule has 0 saturated heterocycles. The van der Waals surface area contributed by atoms with E-state index in [1.807, 2.05) is 0 Å². The highest BCUT2D eigenvalue weighted by atomic mass is 19.4. The number of benzene rings is 1. The third-order valence-corrected chi connectivity index (χ3v) is 5.27. The summed E-state index contributed by atoms with van der Waals surface area (Å²) in [5.41, 5.74) is 0.717. The van der Waals surface area contributed by atoms with Crippen LogP contribution in [0.3, 0.4) is 0 Å². The predicted molar refractivity (Wildman–Crippen MR) is 121 cm³/mol. The van der Waals surface area contributed by atoms with E-state index in [1.165, 1.54) is 36.0 Å². The number of hydrogen-bond acceptors (Lipinski definition) is 8. The van der Waals surface area contributed by atoms with Crippen LogP contribution >= 0.6 is 0 Å². The van der Waals surface area contributed by atoms with E-state index in [0.29, 0.717) is 22.1 Å².